The van der Waals surface area contributed by atoms with Crippen LogP contribution in [0.4, 0.5) is 11.5 Å². The van der Waals surface area contributed by atoms with Gasteiger partial charge in [-0.3, -0.25) is 0 Å². The highest BCUT2D eigenvalue weighted by molar-refractivity contribution is 5.53. The number of ether oxygens (including phenoxy) is 1. The lowest BCUT2D eigenvalue weighted by Gasteiger charge is -2.06. The van der Waals surface area contributed by atoms with Crippen molar-refractivity contribution in [3.8, 4) is 5.88 Å². The summed E-state index contributed by atoms with van der Waals surface area (Å²) in [5.74, 6) is 1.58. The Bertz CT molecular complexity index is 455. The van der Waals surface area contributed by atoms with Gasteiger partial charge in [-0.15, -0.1) is 10.2 Å². The molecular weight excluding hydrogens is 210 g/mol. The van der Waals surface area contributed by atoms with Crippen LogP contribution in [0, 0.1) is 0 Å². The van der Waals surface area contributed by atoms with E-state index < -0.39 is 0 Å². The Labute approximate surface area is 91.2 Å². The molecular formula is C8H11N7O. The topological polar surface area (TPSA) is 115 Å². The third-order valence-corrected chi connectivity index (χ3v) is 1.90. The molecule has 2 aromatic heterocycles. The summed E-state index contributed by atoms with van der Waals surface area (Å²) < 4.78 is 5.00. The summed E-state index contributed by atoms with van der Waals surface area (Å²) in [6.07, 6.45) is 0. The molecule has 0 amide bonds. The molecule has 84 valence electrons. The van der Waals surface area contributed by atoms with E-state index in [1.165, 1.54) is 7.11 Å². The fraction of sp³-hybridized carbons (Fsp3) is 0.250. The average Bonchev–Trinajstić information content (AvgIpc) is 2.81. The highest BCUT2D eigenvalue weighted by Gasteiger charge is 2.03. The molecule has 2 rings (SSSR count). The van der Waals surface area contributed by atoms with E-state index in [2.05, 4.69) is 30.9 Å². The Morgan fingerprint density at radius 2 is 2.38 bits per heavy atom. The molecule has 2 heterocycles. The van der Waals surface area contributed by atoms with E-state index in [1.54, 1.807) is 12.1 Å². The van der Waals surface area contributed by atoms with Crippen molar-refractivity contribution in [3.63, 3.8) is 0 Å². The highest BCUT2D eigenvalue weighted by Crippen LogP contribution is 2.20. The van der Waals surface area contributed by atoms with E-state index in [-0.39, 0.29) is 0 Å². The Hall–Kier alpha value is -2.38. The zero-order valence-corrected chi connectivity index (χ0v) is 8.64. The molecule has 4 N–H and O–H groups in total. The number of H-pyrrole nitrogens is 1. The van der Waals surface area contributed by atoms with Gasteiger partial charge < -0.3 is 15.8 Å². The molecule has 0 aliphatic heterocycles. The summed E-state index contributed by atoms with van der Waals surface area (Å²) in [5, 5.41) is 16.4. The van der Waals surface area contributed by atoms with Crippen molar-refractivity contribution in [2.75, 3.05) is 18.2 Å². The van der Waals surface area contributed by atoms with Crippen LogP contribution in [0.25, 0.3) is 0 Å². The molecule has 0 bridgehead atoms. The second-order valence-corrected chi connectivity index (χ2v) is 2.98. The van der Waals surface area contributed by atoms with Gasteiger partial charge >= 0.3 is 0 Å². The molecule has 0 spiro atoms. The largest absolute Gasteiger partial charge is 0.479 e. The summed E-state index contributed by atoms with van der Waals surface area (Å²) in [5.41, 5.74) is 6.13. The summed E-state index contributed by atoms with van der Waals surface area (Å²) >= 11 is 0. The van der Waals surface area contributed by atoms with Gasteiger partial charge in [-0.2, -0.15) is 10.2 Å². The molecule has 0 aliphatic rings. The third-order valence-electron chi connectivity index (χ3n) is 1.90. The van der Waals surface area contributed by atoms with Crippen LogP contribution in [0.5, 0.6) is 5.88 Å². The first-order chi connectivity index (χ1) is 7.79. The number of nitrogen functional groups attached to an aromatic ring is 1. The molecule has 16 heavy (non-hydrogen) atoms. The standard InChI is InChI=1S/C8H11N7O/c1-16-8-5(9)2-3-6(11-8)10-4-7-12-14-15-13-7/h2-3H,4,9H2,1H3,(H,10,11)(H,12,13,14,15). The molecule has 8 heteroatoms. The van der Waals surface area contributed by atoms with Crippen LogP contribution in [0.15, 0.2) is 12.1 Å². The number of pyridine rings is 1. The smallest absolute Gasteiger partial charge is 0.238 e. The number of tetrazole rings is 1. The van der Waals surface area contributed by atoms with Crippen molar-refractivity contribution in [3.05, 3.63) is 18.0 Å². The highest BCUT2D eigenvalue weighted by atomic mass is 16.5. The summed E-state index contributed by atoms with van der Waals surface area (Å²) in [6, 6.07) is 3.46. The van der Waals surface area contributed by atoms with Crippen molar-refractivity contribution in [1.29, 1.82) is 0 Å². The molecule has 0 fully saturated rings. The lowest BCUT2D eigenvalue weighted by Crippen LogP contribution is -2.04. The Balaban J connectivity index is 2.04. The van der Waals surface area contributed by atoms with E-state index >= 15 is 0 Å². The number of aromatic amines is 1. The zero-order chi connectivity index (χ0) is 11.4. The van der Waals surface area contributed by atoms with Crippen molar-refractivity contribution in [1.82, 2.24) is 25.6 Å². The van der Waals surface area contributed by atoms with Crippen molar-refractivity contribution < 1.29 is 4.74 Å². The molecule has 0 saturated carbocycles. The summed E-state index contributed by atoms with van der Waals surface area (Å²) in [6.45, 7) is 0.427. The fourth-order valence-corrected chi connectivity index (χ4v) is 1.14. The maximum Gasteiger partial charge on any atom is 0.238 e. The molecule has 0 atom stereocenters. The van der Waals surface area contributed by atoms with Gasteiger partial charge in [0.05, 0.1) is 19.3 Å². The maximum absolute atomic E-state index is 5.64. The van der Waals surface area contributed by atoms with Crippen LogP contribution in [0.3, 0.4) is 0 Å². The predicted molar refractivity (Wildman–Crippen MR) is 56.7 cm³/mol. The second-order valence-electron chi connectivity index (χ2n) is 2.98. The first-order valence-electron chi connectivity index (χ1n) is 4.56. The third kappa shape index (κ3) is 2.16. The Kier molecular flexibility index (Phi) is 2.81. The number of hydrogen-bond donors (Lipinski definition) is 3. The lowest BCUT2D eigenvalue weighted by atomic mass is 10.4. The van der Waals surface area contributed by atoms with Gasteiger partial charge in [0, 0.05) is 0 Å². The van der Waals surface area contributed by atoms with Gasteiger partial charge in [0.1, 0.15) is 5.82 Å². The number of rotatable bonds is 4. The van der Waals surface area contributed by atoms with E-state index in [0.29, 0.717) is 29.8 Å². The molecule has 0 saturated heterocycles. The summed E-state index contributed by atoms with van der Waals surface area (Å²) in [7, 11) is 1.52. The van der Waals surface area contributed by atoms with E-state index in [0.717, 1.165) is 0 Å². The summed E-state index contributed by atoms with van der Waals surface area (Å²) in [4.78, 5) is 4.15. The van der Waals surface area contributed by atoms with Gasteiger partial charge in [0.25, 0.3) is 0 Å². The normalized spacial score (nSPS) is 10.1. The molecule has 0 aromatic carbocycles. The molecule has 8 nitrogen and oxygen atoms in total. The number of nitrogens with zero attached hydrogens (tertiary/aromatic N) is 4. The first-order valence-corrected chi connectivity index (χ1v) is 4.56. The monoisotopic (exact) mass is 221 g/mol. The molecule has 0 unspecified atom stereocenters. The zero-order valence-electron chi connectivity index (χ0n) is 8.64. The second kappa shape index (κ2) is 4.43. The molecule has 2 aromatic rings. The van der Waals surface area contributed by atoms with Crippen molar-refractivity contribution >= 4 is 11.5 Å². The van der Waals surface area contributed by atoms with E-state index in [4.69, 9.17) is 10.5 Å². The predicted octanol–water partition coefficient (Wildman–Crippen LogP) is -0.202. The average molecular weight is 221 g/mol. The first kappa shape index (κ1) is 10.1. The van der Waals surface area contributed by atoms with Crippen LogP contribution in [0.1, 0.15) is 5.82 Å². The number of anilines is 2. The lowest BCUT2D eigenvalue weighted by molar-refractivity contribution is 0.401. The number of aromatic nitrogens is 5. The number of nitrogens with two attached hydrogens (primary N) is 1. The SMILES string of the molecule is COc1nc(NCc2nn[nH]n2)ccc1N. The van der Waals surface area contributed by atoms with E-state index in [1.807, 2.05) is 0 Å². The van der Waals surface area contributed by atoms with Gasteiger partial charge in [-0.1, -0.05) is 5.21 Å². The van der Waals surface area contributed by atoms with Gasteiger partial charge in [-0.25, -0.2) is 0 Å². The van der Waals surface area contributed by atoms with Crippen LogP contribution in [-0.2, 0) is 6.54 Å². The number of hydrogen-bond acceptors (Lipinski definition) is 7. The van der Waals surface area contributed by atoms with Crippen LogP contribution in [0.2, 0.25) is 0 Å². The van der Waals surface area contributed by atoms with Gasteiger partial charge in [0.15, 0.2) is 5.82 Å². The molecule has 0 aliphatic carbocycles. The van der Waals surface area contributed by atoms with Crippen LogP contribution >= 0.6 is 0 Å². The number of methoxy groups -OCH3 is 1. The Morgan fingerprint density at radius 3 is 3.06 bits per heavy atom. The molecule has 0 radical (unpaired) electrons. The van der Waals surface area contributed by atoms with Gasteiger partial charge in [0.2, 0.25) is 5.88 Å². The number of nitrogens with one attached hydrogen (secondary N) is 2. The van der Waals surface area contributed by atoms with Gasteiger partial charge in [-0.05, 0) is 12.1 Å². The van der Waals surface area contributed by atoms with Crippen molar-refractivity contribution in [2.24, 2.45) is 0 Å². The van der Waals surface area contributed by atoms with Crippen LogP contribution < -0.4 is 15.8 Å². The quantitative estimate of drug-likeness (QED) is 0.654. The van der Waals surface area contributed by atoms with Crippen molar-refractivity contribution in [2.45, 2.75) is 6.54 Å². The maximum atomic E-state index is 5.64. The minimum Gasteiger partial charge on any atom is -0.479 e. The van der Waals surface area contributed by atoms with E-state index in [9.17, 15) is 0 Å². The minimum atomic E-state index is 0.387. The Morgan fingerprint density at radius 1 is 1.50 bits per heavy atom. The fourth-order valence-electron chi connectivity index (χ4n) is 1.14. The van der Waals surface area contributed by atoms with Crippen LogP contribution in [-0.4, -0.2) is 32.7 Å². The minimum absolute atomic E-state index is 0.387.